The van der Waals surface area contributed by atoms with Crippen LogP contribution in [0.1, 0.15) is 94.9 Å². The molecule has 1 unspecified atom stereocenters. The van der Waals surface area contributed by atoms with E-state index < -0.39 is 0 Å². The number of ketones is 1. The molecule has 1 N–H and O–H groups in total. The Balaban J connectivity index is 1.92. The van der Waals surface area contributed by atoms with Gasteiger partial charge in [-0.05, 0) is 93.9 Å². The van der Waals surface area contributed by atoms with Crippen LogP contribution in [0.5, 0.6) is 0 Å². The second kappa shape index (κ2) is 15.8. The zero-order valence-electron chi connectivity index (χ0n) is 27.8. The van der Waals surface area contributed by atoms with Crippen LogP contribution in [0.3, 0.4) is 0 Å². The quantitative estimate of drug-likeness (QED) is 0.267. The van der Waals surface area contributed by atoms with E-state index in [2.05, 4.69) is 147 Å². The van der Waals surface area contributed by atoms with E-state index in [0.29, 0.717) is 6.42 Å². The topological polar surface area (TPSA) is 37.3 Å². The number of hydrogen-bond acceptors (Lipinski definition) is 2. The van der Waals surface area contributed by atoms with E-state index in [0.717, 1.165) is 41.6 Å². The smallest absolute Gasteiger partial charge is 0.158 e. The van der Waals surface area contributed by atoms with E-state index in [4.69, 9.17) is 0 Å². The van der Waals surface area contributed by atoms with Crippen molar-refractivity contribution < 1.29 is 9.90 Å². The first-order valence-electron chi connectivity index (χ1n) is 15.4. The minimum absolute atomic E-state index is 0.0428. The van der Waals surface area contributed by atoms with E-state index in [1.54, 1.807) is 0 Å². The molecule has 2 heteroatoms. The van der Waals surface area contributed by atoms with Crippen molar-refractivity contribution in [3.05, 3.63) is 130 Å². The molecule has 0 aromatic carbocycles. The largest absolute Gasteiger partial charge is 0.389 e. The second-order valence-electron chi connectivity index (χ2n) is 13.3. The lowest BCUT2D eigenvalue weighted by Gasteiger charge is -2.35. The Kier molecular flexibility index (Phi) is 13.2. The fourth-order valence-corrected chi connectivity index (χ4v) is 5.45. The summed E-state index contributed by atoms with van der Waals surface area (Å²) in [4.78, 5) is 12.2. The molecule has 0 amide bonds. The van der Waals surface area contributed by atoms with Crippen LogP contribution in [0.2, 0.25) is 0 Å². The highest BCUT2D eigenvalue weighted by Gasteiger charge is 2.31. The Hall–Kier alpha value is -3.23. The lowest BCUT2D eigenvalue weighted by atomic mass is 9.71. The molecule has 1 atom stereocenters. The lowest BCUT2D eigenvalue weighted by molar-refractivity contribution is -0.116. The van der Waals surface area contributed by atoms with Crippen LogP contribution >= 0.6 is 0 Å². The standard InChI is InChI=1S/C40H54O2/c1-29(17-13-19-31(3)21-23-35-33(5)37(41)25-27-39(35,7)8)15-11-12-16-30(2)18-14-20-32(4)22-24-36-34(6)38(42)26-28-40(36,9)10/h11-24,37,41H,25-28H2,1-10H3. The van der Waals surface area contributed by atoms with Crippen molar-refractivity contribution in [1.82, 2.24) is 0 Å². The maximum Gasteiger partial charge on any atom is 0.158 e. The third kappa shape index (κ3) is 10.9. The van der Waals surface area contributed by atoms with Gasteiger partial charge in [-0.2, -0.15) is 0 Å². The van der Waals surface area contributed by atoms with Crippen molar-refractivity contribution in [2.75, 3.05) is 0 Å². The highest BCUT2D eigenvalue weighted by molar-refractivity contribution is 5.97. The fraction of sp³-hybridized carbons (Fsp3) is 0.425. The Morgan fingerprint density at radius 1 is 0.667 bits per heavy atom. The lowest BCUT2D eigenvalue weighted by Crippen LogP contribution is -2.27. The normalized spacial score (nSPS) is 23.3. The van der Waals surface area contributed by atoms with E-state index in [1.807, 2.05) is 6.92 Å². The molecule has 0 aliphatic heterocycles. The molecule has 226 valence electrons. The van der Waals surface area contributed by atoms with Gasteiger partial charge in [-0.3, -0.25) is 4.79 Å². The molecule has 2 rings (SSSR count). The molecular weight excluding hydrogens is 512 g/mol. The van der Waals surface area contributed by atoms with Crippen LogP contribution in [0.4, 0.5) is 0 Å². The van der Waals surface area contributed by atoms with Crippen molar-refractivity contribution in [2.24, 2.45) is 10.8 Å². The minimum atomic E-state index is -0.318. The predicted octanol–water partition coefficient (Wildman–Crippen LogP) is 10.8. The molecule has 0 spiro atoms. The number of carbonyl (C=O) groups is 1. The number of aliphatic hydroxyl groups excluding tert-OH is 1. The third-order valence-corrected chi connectivity index (χ3v) is 8.52. The number of Topliss-reactive ketones (excluding diaryl/α,β-unsaturated/α-hetero) is 1. The molecule has 0 aromatic heterocycles. The zero-order chi connectivity index (χ0) is 31.5. The molecule has 42 heavy (non-hydrogen) atoms. The average molecular weight is 567 g/mol. The second-order valence-corrected chi connectivity index (χ2v) is 13.3. The van der Waals surface area contributed by atoms with Gasteiger partial charge in [-0.1, -0.05) is 135 Å². The van der Waals surface area contributed by atoms with Crippen LogP contribution in [-0.4, -0.2) is 17.0 Å². The maximum absolute atomic E-state index is 12.2. The van der Waals surface area contributed by atoms with E-state index in [9.17, 15) is 9.90 Å². The summed E-state index contributed by atoms with van der Waals surface area (Å²) in [6.45, 7) is 21.4. The number of allylic oxidation sites excluding steroid dienone is 21. The van der Waals surface area contributed by atoms with Gasteiger partial charge in [0, 0.05) is 6.42 Å². The predicted molar refractivity (Wildman–Crippen MR) is 183 cm³/mol. The van der Waals surface area contributed by atoms with Gasteiger partial charge in [0.2, 0.25) is 0 Å². The molecule has 0 saturated heterocycles. The Bertz CT molecular complexity index is 1330. The third-order valence-electron chi connectivity index (χ3n) is 8.52. The Labute approximate surface area is 256 Å². The molecule has 2 nitrogen and oxygen atoms in total. The number of carbonyl (C=O) groups excluding carboxylic acids is 1. The minimum Gasteiger partial charge on any atom is -0.389 e. The van der Waals surface area contributed by atoms with Crippen molar-refractivity contribution in [3.8, 4) is 0 Å². The van der Waals surface area contributed by atoms with Gasteiger partial charge in [-0.25, -0.2) is 0 Å². The first-order valence-corrected chi connectivity index (χ1v) is 15.4. The molecule has 0 bridgehead atoms. The Morgan fingerprint density at radius 3 is 1.62 bits per heavy atom. The summed E-state index contributed by atoms with van der Waals surface area (Å²) < 4.78 is 0. The summed E-state index contributed by atoms with van der Waals surface area (Å²) in [5, 5.41) is 10.3. The van der Waals surface area contributed by atoms with Crippen LogP contribution in [-0.2, 0) is 4.79 Å². The van der Waals surface area contributed by atoms with Gasteiger partial charge in [0.25, 0.3) is 0 Å². The van der Waals surface area contributed by atoms with Crippen LogP contribution in [0, 0.1) is 10.8 Å². The molecule has 0 saturated carbocycles. The molecule has 0 aromatic rings. The van der Waals surface area contributed by atoms with E-state index in [1.165, 1.54) is 22.3 Å². The molecular formula is C40H54O2. The summed E-state index contributed by atoms with van der Waals surface area (Å²) in [5.41, 5.74) is 9.24. The monoisotopic (exact) mass is 566 g/mol. The Morgan fingerprint density at radius 2 is 1.10 bits per heavy atom. The highest BCUT2D eigenvalue weighted by atomic mass is 16.3. The number of hydrogen-bond donors (Lipinski definition) is 1. The van der Waals surface area contributed by atoms with Crippen molar-refractivity contribution in [3.63, 3.8) is 0 Å². The zero-order valence-corrected chi connectivity index (χ0v) is 27.8. The molecule has 0 heterocycles. The molecule has 0 fully saturated rings. The summed E-state index contributed by atoms with van der Waals surface area (Å²) in [6.07, 6.45) is 32.6. The van der Waals surface area contributed by atoms with Crippen molar-refractivity contribution in [1.29, 1.82) is 0 Å². The van der Waals surface area contributed by atoms with Gasteiger partial charge in [-0.15, -0.1) is 0 Å². The van der Waals surface area contributed by atoms with Gasteiger partial charge in [0.05, 0.1) is 6.10 Å². The average Bonchev–Trinajstić information content (AvgIpc) is 2.91. The van der Waals surface area contributed by atoms with Crippen LogP contribution in [0.15, 0.2) is 130 Å². The molecule has 2 aliphatic rings. The summed E-state index contributed by atoms with van der Waals surface area (Å²) >= 11 is 0. The van der Waals surface area contributed by atoms with Crippen LogP contribution < -0.4 is 0 Å². The van der Waals surface area contributed by atoms with Crippen molar-refractivity contribution in [2.45, 2.75) is 101 Å². The fourth-order valence-electron chi connectivity index (χ4n) is 5.45. The van der Waals surface area contributed by atoms with E-state index in [-0.39, 0.29) is 22.7 Å². The van der Waals surface area contributed by atoms with Gasteiger partial charge >= 0.3 is 0 Å². The summed E-state index contributed by atoms with van der Waals surface area (Å²) in [5.74, 6) is 0.273. The van der Waals surface area contributed by atoms with E-state index >= 15 is 0 Å². The first kappa shape index (κ1) is 35.0. The number of aliphatic hydroxyl groups is 1. The number of rotatable bonds is 10. The summed E-state index contributed by atoms with van der Waals surface area (Å²) in [6, 6.07) is 0. The SMILES string of the molecule is CC(C=CC=C(C)C=CC1=C(C)C(=O)CCC1(C)C)=CC=CC=C(C)C=CC=C(C)C=CC1=C(C)C(O)CCC1(C)C. The molecule has 2 aliphatic carbocycles. The highest BCUT2D eigenvalue weighted by Crippen LogP contribution is 2.41. The maximum atomic E-state index is 12.2. The first-order chi connectivity index (χ1) is 19.6. The van der Waals surface area contributed by atoms with Gasteiger partial charge < -0.3 is 5.11 Å². The van der Waals surface area contributed by atoms with Crippen molar-refractivity contribution >= 4 is 5.78 Å². The van der Waals surface area contributed by atoms with Gasteiger partial charge in [0.15, 0.2) is 5.78 Å². The van der Waals surface area contributed by atoms with Crippen LogP contribution in [0.25, 0.3) is 0 Å². The van der Waals surface area contributed by atoms with Gasteiger partial charge in [0.1, 0.15) is 0 Å². The molecule has 0 radical (unpaired) electrons. The summed E-state index contributed by atoms with van der Waals surface area (Å²) in [7, 11) is 0.